The molecule has 0 unspecified atom stereocenters. The first-order valence-corrected chi connectivity index (χ1v) is 7.50. The zero-order valence-corrected chi connectivity index (χ0v) is 11.6. The number of aryl methyl sites for hydroxylation is 1. The molecule has 1 aromatic carbocycles. The van der Waals surface area contributed by atoms with Crippen LogP contribution < -0.4 is 10.5 Å². The van der Waals surface area contributed by atoms with Crippen molar-refractivity contribution in [1.29, 1.82) is 0 Å². The molecule has 5 nitrogen and oxygen atoms in total. The number of benzene rings is 1. The van der Waals surface area contributed by atoms with Crippen LogP contribution in [0.2, 0.25) is 0 Å². The maximum atomic E-state index is 11.3. The summed E-state index contributed by atoms with van der Waals surface area (Å²) in [5.41, 5.74) is 0.969. The number of amides is 1. The molecule has 0 aromatic heterocycles. The van der Waals surface area contributed by atoms with Crippen molar-refractivity contribution in [3.63, 3.8) is 0 Å². The molecule has 1 aromatic rings. The number of carbonyl (C=O) groups is 1. The molecule has 0 spiro atoms. The number of carbonyl (C=O) groups excluding carboxylic acids is 1. The van der Waals surface area contributed by atoms with Crippen molar-refractivity contribution in [2.45, 2.75) is 18.2 Å². The monoisotopic (exact) mass is 320 g/mol. The average Bonchev–Trinajstić information content (AvgIpc) is 2.19. The SMILES string of the molecule is Cc1ccc(NC(=O)CCBr)cc1S(N)(=O)=O. The summed E-state index contributed by atoms with van der Waals surface area (Å²) in [6.07, 6.45) is 0.318. The van der Waals surface area contributed by atoms with E-state index >= 15 is 0 Å². The molecule has 0 heterocycles. The Bertz CT molecular complexity index is 528. The van der Waals surface area contributed by atoms with E-state index in [1.165, 1.54) is 6.07 Å². The summed E-state index contributed by atoms with van der Waals surface area (Å²) in [5, 5.41) is 8.21. The van der Waals surface area contributed by atoms with Gasteiger partial charge in [0.25, 0.3) is 0 Å². The lowest BCUT2D eigenvalue weighted by Gasteiger charge is -2.08. The molecule has 0 radical (unpaired) electrons. The Kier molecular flexibility index (Phi) is 4.67. The van der Waals surface area contributed by atoms with Gasteiger partial charge in [-0.1, -0.05) is 22.0 Å². The number of alkyl halides is 1. The molecule has 1 amide bonds. The molecule has 0 aliphatic carbocycles. The molecule has 1 rings (SSSR count). The van der Waals surface area contributed by atoms with Crippen LogP contribution in [-0.4, -0.2) is 19.7 Å². The number of sulfonamides is 1. The van der Waals surface area contributed by atoms with Gasteiger partial charge < -0.3 is 5.32 Å². The summed E-state index contributed by atoms with van der Waals surface area (Å²) in [6, 6.07) is 4.59. The van der Waals surface area contributed by atoms with Crippen LogP contribution in [0.5, 0.6) is 0 Å². The van der Waals surface area contributed by atoms with Gasteiger partial charge in [-0.05, 0) is 24.6 Å². The van der Waals surface area contributed by atoms with Gasteiger partial charge in [-0.3, -0.25) is 4.79 Å². The van der Waals surface area contributed by atoms with E-state index in [0.717, 1.165) is 0 Å². The fraction of sp³-hybridized carbons (Fsp3) is 0.300. The first-order valence-electron chi connectivity index (χ1n) is 4.84. The Morgan fingerprint density at radius 1 is 1.47 bits per heavy atom. The first kappa shape index (κ1) is 14.1. The normalized spacial score (nSPS) is 11.2. The molecular formula is C10H13BrN2O3S. The predicted molar refractivity (Wildman–Crippen MR) is 69.6 cm³/mol. The number of nitrogens with two attached hydrogens (primary N) is 1. The first-order chi connectivity index (χ1) is 7.84. The van der Waals surface area contributed by atoms with E-state index in [4.69, 9.17) is 5.14 Å². The second kappa shape index (κ2) is 5.61. The van der Waals surface area contributed by atoms with Gasteiger partial charge in [-0.25, -0.2) is 13.6 Å². The van der Waals surface area contributed by atoms with Gasteiger partial charge in [0.15, 0.2) is 0 Å². The fourth-order valence-electron chi connectivity index (χ4n) is 1.29. The van der Waals surface area contributed by atoms with Gasteiger partial charge in [0.05, 0.1) is 4.90 Å². The second-order valence-electron chi connectivity index (χ2n) is 3.51. The molecule has 0 atom stereocenters. The molecule has 0 aliphatic heterocycles. The third kappa shape index (κ3) is 4.10. The van der Waals surface area contributed by atoms with E-state index in [0.29, 0.717) is 23.0 Å². The van der Waals surface area contributed by atoms with E-state index in [-0.39, 0.29) is 10.8 Å². The Balaban J connectivity index is 3.02. The number of hydrogen-bond donors (Lipinski definition) is 2. The Morgan fingerprint density at radius 3 is 2.65 bits per heavy atom. The molecule has 17 heavy (non-hydrogen) atoms. The van der Waals surface area contributed by atoms with E-state index in [9.17, 15) is 13.2 Å². The molecule has 0 bridgehead atoms. The van der Waals surface area contributed by atoms with E-state index in [1.807, 2.05) is 0 Å². The lowest BCUT2D eigenvalue weighted by Crippen LogP contribution is -2.16. The molecular weight excluding hydrogens is 308 g/mol. The van der Waals surface area contributed by atoms with Crippen LogP contribution >= 0.6 is 15.9 Å². The van der Waals surface area contributed by atoms with Gasteiger partial charge in [-0.15, -0.1) is 0 Å². The minimum absolute atomic E-state index is 0.0224. The average molecular weight is 321 g/mol. The van der Waals surface area contributed by atoms with Crippen LogP contribution in [0.15, 0.2) is 23.1 Å². The lowest BCUT2D eigenvalue weighted by atomic mass is 10.2. The number of primary sulfonamides is 1. The van der Waals surface area contributed by atoms with E-state index in [2.05, 4.69) is 21.2 Å². The number of halogens is 1. The molecule has 0 fully saturated rings. The number of hydrogen-bond acceptors (Lipinski definition) is 3. The third-order valence-corrected chi connectivity index (χ3v) is 3.55. The summed E-state index contributed by atoms with van der Waals surface area (Å²) in [4.78, 5) is 11.4. The maximum absolute atomic E-state index is 11.3. The number of rotatable bonds is 4. The van der Waals surface area contributed by atoms with Crippen LogP contribution in [0.25, 0.3) is 0 Å². The van der Waals surface area contributed by atoms with Crippen LogP contribution in [-0.2, 0) is 14.8 Å². The Hall–Kier alpha value is -0.920. The van der Waals surface area contributed by atoms with Crippen LogP contribution in [0.4, 0.5) is 5.69 Å². The second-order valence-corrected chi connectivity index (χ2v) is 5.84. The highest BCUT2D eigenvalue weighted by Gasteiger charge is 2.12. The van der Waals surface area contributed by atoms with Crippen molar-refractivity contribution < 1.29 is 13.2 Å². The summed E-state index contributed by atoms with van der Waals surface area (Å²) < 4.78 is 22.5. The Morgan fingerprint density at radius 2 is 2.12 bits per heavy atom. The maximum Gasteiger partial charge on any atom is 0.238 e. The highest BCUT2D eigenvalue weighted by Crippen LogP contribution is 2.19. The quantitative estimate of drug-likeness (QED) is 0.821. The Labute approximate surface area is 109 Å². The van der Waals surface area contributed by atoms with Gasteiger partial charge >= 0.3 is 0 Å². The molecule has 7 heteroatoms. The molecule has 0 saturated carbocycles. The van der Waals surface area contributed by atoms with Crippen molar-refractivity contribution in [3.8, 4) is 0 Å². The third-order valence-electron chi connectivity index (χ3n) is 2.10. The molecule has 3 N–H and O–H groups in total. The topological polar surface area (TPSA) is 89.3 Å². The highest BCUT2D eigenvalue weighted by molar-refractivity contribution is 9.09. The van der Waals surface area contributed by atoms with Crippen molar-refractivity contribution in [2.24, 2.45) is 5.14 Å². The smallest absolute Gasteiger partial charge is 0.238 e. The van der Waals surface area contributed by atoms with Crippen molar-refractivity contribution in [1.82, 2.24) is 0 Å². The minimum atomic E-state index is -3.76. The lowest BCUT2D eigenvalue weighted by molar-refractivity contribution is -0.115. The number of nitrogens with one attached hydrogen (secondary N) is 1. The van der Waals surface area contributed by atoms with E-state index in [1.54, 1.807) is 19.1 Å². The zero-order chi connectivity index (χ0) is 13.1. The van der Waals surface area contributed by atoms with Crippen LogP contribution in [0, 0.1) is 6.92 Å². The predicted octanol–water partition coefficient (Wildman–Crippen LogP) is 1.37. The number of anilines is 1. The van der Waals surface area contributed by atoms with Crippen LogP contribution in [0.3, 0.4) is 0 Å². The van der Waals surface area contributed by atoms with Crippen LogP contribution in [0.1, 0.15) is 12.0 Å². The van der Waals surface area contributed by atoms with Gasteiger partial charge in [0.1, 0.15) is 0 Å². The minimum Gasteiger partial charge on any atom is -0.326 e. The largest absolute Gasteiger partial charge is 0.326 e. The summed E-state index contributed by atoms with van der Waals surface area (Å²) >= 11 is 3.14. The van der Waals surface area contributed by atoms with E-state index < -0.39 is 10.0 Å². The standard InChI is InChI=1S/C10H13BrN2O3S/c1-7-2-3-8(13-10(14)4-5-11)6-9(7)17(12,15)16/h2-3,6H,4-5H2,1H3,(H,13,14)(H2,12,15,16). The summed E-state index contributed by atoms with van der Waals surface area (Å²) in [7, 11) is -3.76. The molecule has 94 valence electrons. The van der Waals surface area contributed by atoms with Crippen molar-refractivity contribution in [2.75, 3.05) is 10.6 Å². The summed E-state index contributed by atoms with van der Waals surface area (Å²) in [5.74, 6) is -0.189. The zero-order valence-electron chi connectivity index (χ0n) is 9.23. The van der Waals surface area contributed by atoms with Gasteiger partial charge in [0, 0.05) is 17.4 Å². The van der Waals surface area contributed by atoms with Gasteiger partial charge in [-0.2, -0.15) is 0 Å². The fourth-order valence-corrected chi connectivity index (χ4v) is 2.46. The molecule has 0 saturated heterocycles. The molecule has 0 aliphatic rings. The van der Waals surface area contributed by atoms with Gasteiger partial charge in [0.2, 0.25) is 15.9 Å². The summed E-state index contributed by atoms with van der Waals surface area (Å²) in [6.45, 7) is 1.64. The van der Waals surface area contributed by atoms with Crippen molar-refractivity contribution in [3.05, 3.63) is 23.8 Å². The van der Waals surface area contributed by atoms with Crippen molar-refractivity contribution >= 4 is 37.5 Å². The highest BCUT2D eigenvalue weighted by atomic mass is 79.9.